The molecule has 4 heterocycles. The molecule has 1 saturated heterocycles. The molecule has 1 aromatic heterocycles. The molecule has 1 aromatic carbocycles. The van der Waals surface area contributed by atoms with Crippen molar-refractivity contribution in [3.63, 3.8) is 0 Å². The fraction of sp³-hybridized carbons (Fsp3) is 0.613. The molecule has 5 aliphatic rings. The number of anilines is 4. The van der Waals surface area contributed by atoms with Gasteiger partial charge in [-0.2, -0.15) is 4.98 Å². The first-order valence-electron chi connectivity index (χ1n) is 15.4. The van der Waals surface area contributed by atoms with Crippen LogP contribution in [0.2, 0.25) is 0 Å². The summed E-state index contributed by atoms with van der Waals surface area (Å²) in [6.45, 7) is 4.88. The van der Waals surface area contributed by atoms with Crippen molar-refractivity contribution in [2.45, 2.75) is 76.4 Å². The predicted molar refractivity (Wildman–Crippen MR) is 158 cm³/mol. The Hall–Kier alpha value is -3.40. The summed E-state index contributed by atoms with van der Waals surface area (Å²) in [5, 5.41) is 6.71. The number of aromatic nitrogens is 2. The van der Waals surface area contributed by atoms with Crippen LogP contribution in [-0.4, -0.2) is 78.6 Å². The summed E-state index contributed by atoms with van der Waals surface area (Å²) in [6, 6.07) is 4.14. The maximum Gasteiger partial charge on any atom is 0.251 e. The van der Waals surface area contributed by atoms with Gasteiger partial charge in [-0.05, 0) is 63.1 Å². The van der Waals surface area contributed by atoms with E-state index in [1.807, 2.05) is 19.2 Å². The van der Waals surface area contributed by atoms with Crippen molar-refractivity contribution >= 4 is 35.0 Å². The Labute approximate surface area is 241 Å². The Bertz CT molecular complexity index is 1350. The third-order valence-electron chi connectivity index (χ3n) is 10.0. The lowest BCUT2D eigenvalue weighted by atomic mass is 10.0. The summed E-state index contributed by atoms with van der Waals surface area (Å²) in [7, 11) is 4.00. The molecule has 2 saturated carbocycles. The molecule has 2 N–H and O–H groups in total. The first-order chi connectivity index (χ1) is 19.9. The molecule has 0 spiro atoms. The number of hydrogen-bond donors (Lipinski definition) is 2. The maximum absolute atomic E-state index is 13.4. The molecule has 10 nitrogen and oxygen atoms in total. The molecule has 3 fully saturated rings. The number of benzene rings is 1. The molecule has 0 radical (unpaired) electrons. The molecular formula is C31H41N7O3. The normalized spacial score (nSPS) is 27.5. The smallest absolute Gasteiger partial charge is 0.251 e. The van der Waals surface area contributed by atoms with Crippen LogP contribution < -0.4 is 25.2 Å². The van der Waals surface area contributed by atoms with Gasteiger partial charge in [0.05, 0.1) is 18.5 Å². The summed E-state index contributed by atoms with van der Waals surface area (Å²) < 4.78 is 6.05. The molecular weight excluding hydrogens is 518 g/mol. The number of fused-ring (bicyclic) bond motifs is 3. The van der Waals surface area contributed by atoms with Crippen molar-refractivity contribution in [2.24, 2.45) is 11.8 Å². The Morgan fingerprint density at radius 3 is 2.61 bits per heavy atom. The van der Waals surface area contributed by atoms with E-state index in [9.17, 15) is 9.59 Å². The van der Waals surface area contributed by atoms with Gasteiger partial charge in [-0.3, -0.25) is 9.59 Å². The Morgan fingerprint density at radius 1 is 1.12 bits per heavy atom. The van der Waals surface area contributed by atoms with E-state index in [1.54, 1.807) is 11.1 Å². The number of nitrogens with zero attached hydrogens (tertiary/aromatic N) is 5. The van der Waals surface area contributed by atoms with E-state index in [2.05, 4.69) is 39.4 Å². The standard InChI is InChI=1S/C31H41N7O3/c1-4-25-30(40)37(3)26-15-32-31(35-28(26)38(25)21-7-5-6-8-21)34-24-10-9-23(22-11-12-41-27(22)24)29(39)33-20-13-18-16-36(2)17-19(18)14-20/h9-10,15,18-21,25H,4-8,11-14,16-17H2,1-3H3,(H,33,39)(H,32,34,35)/t18?,19?,20?,25-/m1/s1. The molecule has 2 amide bonds. The molecule has 2 aromatic rings. The van der Waals surface area contributed by atoms with Gasteiger partial charge in [0.2, 0.25) is 11.9 Å². The average Bonchev–Trinajstić information content (AvgIpc) is 3.76. The van der Waals surface area contributed by atoms with Crippen molar-refractivity contribution in [3.05, 3.63) is 29.5 Å². The van der Waals surface area contributed by atoms with Gasteiger partial charge in [0.15, 0.2) is 5.82 Å². The summed E-state index contributed by atoms with van der Waals surface area (Å²) in [5.74, 6) is 3.45. The number of nitrogens with one attached hydrogen (secondary N) is 2. The number of likely N-dealkylation sites (N-methyl/N-ethyl adjacent to an activating group) is 1. The minimum Gasteiger partial charge on any atom is -0.491 e. The zero-order valence-corrected chi connectivity index (χ0v) is 24.4. The molecule has 2 unspecified atom stereocenters. The molecule has 3 atom stereocenters. The third-order valence-corrected chi connectivity index (χ3v) is 10.0. The number of likely N-dealkylation sites (tertiary alicyclic amines) is 1. The van der Waals surface area contributed by atoms with E-state index < -0.39 is 0 Å². The number of hydrogen-bond acceptors (Lipinski definition) is 8. The molecule has 218 valence electrons. The van der Waals surface area contributed by atoms with Crippen LogP contribution in [0.1, 0.15) is 67.8 Å². The first kappa shape index (κ1) is 26.5. The fourth-order valence-electron chi connectivity index (χ4n) is 8.09. The highest BCUT2D eigenvalue weighted by molar-refractivity contribution is 6.04. The average molecular weight is 560 g/mol. The highest BCUT2D eigenvalue weighted by Gasteiger charge is 2.42. The highest BCUT2D eigenvalue weighted by atomic mass is 16.5. The maximum atomic E-state index is 13.4. The minimum absolute atomic E-state index is 0.00724. The number of ether oxygens (including phenoxy) is 1. The van der Waals surface area contributed by atoms with Gasteiger partial charge in [0.1, 0.15) is 17.5 Å². The van der Waals surface area contributed by atoms with Crippen molar-refractivity contribution in [1.29, 1.82) is 0 Å². The van der Waals surface area contributed by atoms with Gasteiger partial charge in [-0.25, -0.2) is 4.98 Å². The number of carbonyl (C=O) groups is 2. The second kappa shape index (κ2) is 10.5. The Balaban J connectivity index is 1.13. The van der Waals surface area contributed by atoms with Crippen LogP contribution in [0.4, 0.5) is 23.1 Å². The Kier molecular flexibility index (Phi) is 6.76. The van der Waals surface area contributed by atoms with Crippen LogP contribution in [0, 0.1) is 11.8 Å². The Morgan fingerprint density at radius 2 is 1.88 bits per heavy atom. The fourth-order valence-corrected chi connectivity index (χ4v) is 8.09. The van der Waals surface area contributed by atoms with Gasteiger partial charge in [-0.1, -0.05) is 19.8 Å². The van der Waals surface area contributed by atoms with E-state index in [0.717, 1.165) is 67.9 Å². The van der Waals surface area contributed by atoms with Gasteiger partial charge in [-0.15, -0.1) is 0 Å². The molecule has 3 aliphatic heterocycles. The largest absolute Gasteiger partial charge is 0.491 e. The van der Waals surface area contributed by atoms with Crippen molar-refractivity contribution in [2.75, 3.05) is 48.9 Å². The van der Waals surface area contributed by atoms with Crippen LogP contribution in [0.15, 0.2) is 18.3 Å². The van der Waals surface area contributed by atoms with Gasteiger partial charge in [0.25, 0.3) is 5.91 Å². The molecule has 2 aliphatic carbocycles. The lowest BCUT2D eigenvalue weighted by Crippen LogP contribution is -2.55. The highest BCUT2D eigenvalue weighted by Crippen LogP contribution is 2.42. The van der Waals surface area contributed by atoms with Crippen LogP contribution in [0.3, 0.4) is 0 Å². The van der Waals surface area contributed by atoms with E-state index in [1.165, 1.54) is 12.8 Å². The molecule has 10 heteroatoms. The van der Waals surface area contributed by atoms with Crippen LogP contribution in [-0.2, 0) is 11.2 Å². The zero-order chi connectivity index (χ0) is 28.2. The van der Waals surface area contributed by atoms with E-state index in [0.29, 0.717) is 48.2 Å². The monoisotopic (exact) mass is 559 g/mol. The van der Waals surface area contributed by atoms with E-state index in [-0.39, 0.29) is 23.9 Å². The van der Waals surface area contributed by atoms with E-state index >= 15 is 0 Å². The number of carbonyl (C=O) groups excluding carboxylic acids is 2. The van der Waals surface area contributed by atoms with E-state index in [4.69, 9.17) is 9.72 Å². The summed E-state index contributed by atoms with van der Waals surface area (Å²) in [5.41, 5.74) is 3.13. The van der Waals surface area contributed by atoms with Crippen LogP contribution in [0.5, 0.6) is 5.75 Å². The molecule has 7 rings (SSSR count). The second-order valence-electron chi connectivity index (χ2n) is 12.6. The van der Waals surface area contributed by atoms with Crippen molar-refractivity contribution in [3.8, 4) is 5.75 Å². The summed E-state index contributed by atoms with van der Waals surface area (Å²) in [4.78, 5) is 42.5. The topological polar surface area (TPSA) is 103 Å². The number of amides is 2. The van der Waals surface area contributed by atoms with Gasteiger partial charge in [0, 0.05) is 49.8 Å². The lowest BCUT2D eigenvalue weighted by molar-refractivity contribution is -0.120. The van der Waals surface area contributed by atoms with Gasteiger partial charge >= 0.3 is 0 Å². The zero-order valence-electron chi connectivity index (χ0n) is 24.4. The minimum atomic E-state index is -0.218. The lowest BCUT2D eigenvalue weighted by Gasteiger charge is -2.43. The van der Waals surface area contributed by atoms with Crippen LogP contribution in [0.25, 0.3) is 0 Å². The SMILES string of the molecule is CC[C@@H]1C(=O)N(C)c2cnc(Nc3ccc(C(=O)NC4CC5CN(C)CC5C4)c4c3OCC4)nc2N1C1CCCC1. The van der Waals surface area contributed by atoms with Gasteiger partial charge < -0.3 is 30.1 Å². The quantitative estimate of drug-likeness (QED) is 0.552. The third kappa shape index (κ3) is 4.60. The predicted octanol–water partition coefficient (Wildman–Crippen LogP) is 3.73. The van der Waals surface area contributed by atoms with Crippen LogP contribution >= 0.6 is 0 Å². The summed E-state index contributed by atoms with van der Waals surface area (Å²) in [6.07, 6.45) is 9.79. The van der Waals surface area contributed by atoms with Crippen molar-refractivity contribution < 1.29 is 14.3 Å². The molecule has 0 bridgehead atoms. The second-order valence-corrected chi connectivity index (χ2v) is 12.6. The molecule has 41 heavy (non-hydrogen) atoms. The summed E-state index contributed by atoms with van der Waals surface area (Å²) >= 11 is 0. The first-order valence-corrected chi connectivity index (χ1v) is 15.4. The number of rotatable bonds is 6. The van der Waals surface area contributed by atoms with Crippen molar-refractivity contribution in [1.82, 2.24) is 20.2 Å².